The summed E-state index contributed by atoms with van der Waals surface area (Å²) in [5.41, 5.74) is 0.691. The van der Waals surface area contributed by atoms with Crippen LogP contribution in [0.4, 0.5) is 5.69 Å². The Morgan fingerprint density at radius 1 is 1.07 bits per heavy atom. The number of para-hydroxylation sites is 1. The Bertz CT molecular complexity index is 911. The average molecular weight is 404 g/mol. The molecule has 0 aliphatic carbocycles. The summed E-state index contributed by atoms with van der Waals surface area (Å²) in [5, 5.41) is 2.69. The molecule has 0 saturated heterocycles. The third kappa shape index (κ3) is 5.32. The molecule has 0 bridgehead atoms. The van der Waals surface area contributed by atoms with E-state index in [1.807, 2.05) is 13.8 Å². The van der Waals surface area contributed by atoms with Crippen LogP contribution in [-0.4, -0.2) is 40.0 Å². The topological polar surface area (TPSA) is 92.8 Å². The second-order valence-corrected chi connectivity index (χ2v) is 8.25. The summed E-state index contributed by atoms with van der Waals surface area (Å²) in [7, 11) is -2.30. The standard InChI is InChI=1S/C20H24N2O5S/c1-4-15(2)21-19(23)14-27-20(24)16-10-12-18(13-11-16)28(25,26)22(3)17-8-6-5-7-9-17/h5-13,15H,4,14H2,1-3H3,(H,21,23)/t15-/m1/s1. The number of carbonyl (C=O) groups is 2. The molecule has 0 aromatic heterocycles. The predicted molar refractivity (Wildman–Crippen MR) is 107 cm³/mol. The van der Waals surface area contributed by atoms with E-state index in [-0.39, 0.29) is 29.0 Å². The van der Waals surface area contributed by atoms with Crippen LogP contribution in [0, 0.1) is 0 Å². The van der Waals surface area contributed by atoms with Gasteiger partial charge < -0.3 is 10.1 Å². The van der Waals surface area contributed by atoms with Gasteiger partial charge in [0.2, 0.25) is 0 Å². The lowest BCUT2D eigenvalue weighted by Gasteiger charge is -2.19. The molecular formula is C20H24N2O5S. The Hall–Kier alpha value is -2.87. The van der Waals surface area contributed by atoms with E-state index in [1.54, 1.807) is 30.3 Å². The van der Waals surface area contributed by atoms with Crippen molar-refractivity contribution >= 4 is 27.6 Å². The highest BCUT2D eigenvalue weighted by atomic mass is 32.2. The smallest absolute Gasteiger partial charge is 0.338 e. The van der Waals surface area contributed by atoms with E-state index in [1.165, 1.54) is 35.6 Å². The van der Waals surface area contributed by atoms with Gasteiger partial charge in [0.15, 0.2) is 6.61 Å². The van der Waals surface area contributed by atoms with Gasteiger partial charge >= 0.3 is 5.97 Å². The van der Waals surface area contributed by atoms with Crippen LogP contribution in [0.3, 0.4) is 0 Å². The lowest BCUT2D eigenvalue weighted by molar-refractivity contribution is -0.124. The van der Waals surface area contributed by atoms with Crippen LogP contribution < -0.4 is 9.62 Å². The first-order chi connectivity index (χ1) is 13.3. The number of nitrogens with one attached hydrogen (secondary N) is 1. The zero-order valence-corrected chi connectivity index (χ0v) is 16.9. The van der Waals surface area contributed by atoms with Gasteiger partial charge in [0.1, 0.15) is 0 Å². The van der Waals surface area contributed by atoms with Crippen LogP contribution in [0.1, 0.15) is 30.6 Å². The summed E-state index contributed by atoms with van der Waals surface area (Å²) in [4.78, 5) is 23.8. The molecule has 2 aromatic carbocycles. The largest absolute Gasteiger partial charge is 0.452 e. The third-order valence-electron chi connectivity index (χ3n) is 4.22. The molecule has 0 aliphatic rings. The second-order valence-electron chi connectivity index (χ2n) is 6.29. The van der Waals surface area contributed by atoms with E-state index in [0.717, 1.165) is 6.42 Å². The fourth-order valence-electron chi connectivity index (χ4n) is 2.33. The minimum absolute atomic E-state index is 0.00250. The molecule has 0 aliphatic heterocycles. The SMILES string of the molecule is CC[C@@H](C)NC(=O)COC(=O)c1ccc(S(=O)(=O)N(C)c2ccccc2)cc1. The lowest BCUT2D eigenvalue weighted by atomic mass is 10.2. The van der Waals surface area contributed by atoms with Crippen LogP contribution in [0.15, 0.2) is 59.5 Å². The average Bonchev–Trinajstić information content (AvgIpc) is 2.72. The van der Waals surface area contributed by atoms with Crippen molar-refractivity contribution in [3.8, 4) is 0 Å². The maximum Gasteiger partial charge on any atom is 0.338 e. The summed E-state index contributed by atoms with van der Waals surface area (Å²) in [6.45, 7) is 3.40. The molecule has 8 heteroatoms. The zero-order chi connectivity index (χ0) is 20.7. The quantitative estimate of drug-likeness (QED) is 0.683. The minimum atomic E-state index is -3.76. The molecule has 0 radical (unpaired) electrons. The van der Waals surface area contributed by atoms with Gasteiger partial charge in [-0.3, -0.25) is 9.10 Å². The Labute approximate surface area is 165 Å². The fraction of sp³-hybridized carbons (Fsp3) is 0.300. The number of sulfonamides is 1. The van der Waals surface area contributed by atoms with Crippen LogP contribution >= 0.6 is 0 Å². The highest BCUT2D eigenvalue weighted by Crippen LogP contribution is 2.22. The summed E-state index contributed by atoms with van der Waals surface area (Å²) in [5.74, 6) is -1.08. The van der Waals surface area contributed by atoms with Crippen molar-refractivity contribution in [2.75, 3.05) is 18.0 Å². The van der Waals surface area contributed by atoms with Gasteiger partial charge in [-0.2, -0.15) is 0 Å². The van der Waals surface area contributed by atoms with Crippen LogP contribution in [0.25, 0.3) is 0 Å². The van der Waals surface area contributed by atoms with E-state index in [0.29, 0.717) is 5.69 Å². The summed E-state index contributed by atoms with van der Waals surface area (Å²) < 4.78 is 31.6. The number of carbonyl (C=O) groups excluding carboxylic acids is 2. The van der Waals surface area contributed by atoms with Gasteiger partial charge in [-0.05, 0) is 49.7 Å². The Morgan fingerprint density at radius 3 is 2.25 bits per heavy atom. The number of hydrogen-bond donors (Lipinski definition) is 1. The second kappa shape index (κ2) is 9.36. The molecule has 0 heterocycles. The molecule has 150 valence electrons. The van der Waals surface area contributed by atoms with Crippen LogP contribution in [0.2, 0.25) is 0 Å². The number of rotatable bonds is 8. The molecule has 0 unspecified atom stereocenters. The van der Waals surface area contributed by atoms with Gasteiger partial charge in [0.25, 0.3) is 15.9 Å². The van der Waals surface area contributed by atoms with Crippen LogP contribution in [0.5, 0.6) is 0 Å². The highest BCUT2D eigenvalue weighted by molar-refractivity contribution is 7.92. The van der Waals surface area contributed by atoms with Crippen molar-refractivity contribution < 1.29 is 22.7 Å². The molecule has 28 heavy (non-hydrogen) atoms. The van der Waals surface area contributed by atoms with E-state index in [2.05, 4.69) is 5.32 Å². The zero-order valence-electron chi connectivity index (χ0n) is 16.1. The molecule has 7 nitrogen and oxygen atoms in total. The molecule has 0 saturated carbocycles. The molecule has 1 N–H and O–H groups in total. The van der Waals surface area contributed by atoms with E-state index >= 15 is 0 Å². The monoisotopic (exact) mass is 404 g/mol. The van der Waals surface area contributed by atoms with Gasteiger partial charge in [0, 0.05) is 13.1 Å². The molecule has 0 fully saturated rings. The van der Waals surface area contributed by atoms with Crippen molar-refractivity contribution in [2.24, 2.45) is 0 Å². The number of nitrogens with zero attached hydrogens (tertiary/aromatic N) is 1. The highest BCUT2D eigenvalue weighted by Gasteiger charge is 2.21. The van der Waals surface area contributed by atoms with Gasteiger partial charge in [-0.1, -0.05) is 25.1 Å². The number of benzene rings is 2. The van der Waals surface area contributed by atoms with Crippen LogP contribution in [-0.2, 0) is 19.6 Å². The van der Waals surface area contributed by atoms with Gasteiger partial charge in [-0.15, -0.1) is 0 Å². The molecule has 1 atom stereocenters. The predicted octanol–water partition coefficient (Wildman–Crippen LogP) is 2.58. The minimum Gasteiger partial charge on any atom is -0.452 e. The number of hydrogen-bond acceptors (Lipinski definition) is 5. The van der Waals surface area contributed by atoms with Gasteiger partial charge in [-0.25, -0.2) is 13.2 Å². The first-order valence-corrected chi connectivity index (χ1v) is 10.3. The maximum atomic E-state index is 12.7. The van der Waals surface area contributed by atoms with Crippen molar-refractivity contribution in [2.45, 2.75) is 31.2 Å². The summed E-state index contributed by atoms with van der Waals surface area (Å²) in [6, 6.07) is 14.1. The lowest BCUT2D eigenvalue weighted by Crippen LogP contribution is -2.35. The van der Waals surface area contributed by atoms with Gasteiger partial charge in [0.05, 0.1) is 16.1 Å². The fourth-order valence-corrected chi connectivity index (χ4v) is 3.53. The molecule has 0 spiro atoms. The number of anilines is 1. The number of esters is 1. The van der Waals surface area contributed by atoms with E-state index < -0.39 is 16.0 Å². The molecule has 2 aromatic rings. The first kappa shape index (κ1) is 21.4. The van der Waals surface area contributed by atoms with Crippen molar-refractivity contribution in [1.82, 2.24) is 5.32 Å². The van der Waals surface area contributed by atoms with E-state index in [9.17, 15) is 18.0 Å². The molecule has 2 rings (SSSR count). The summed E-state index contributed by atoms with van der Waals surface area (Å²) >= 11 is 0. The van der Waals surface area contributed by atoms with Crippen molar-refractivity contribution in [3.63, 3.8) is 0 Å². The Morgan fingerprint density at radius 2 is 1.68 bits per heavy atom. The van der Waals surface area contributed by atoms with Crippen molar-refractivity contribution in [3.05, 3.63) is 60.2 Å². The molecule has 1 amide bonds. The number of ether oxygens (including phenoxy) is 1. The van der Waals surface area contributed by atoms with E-state index in [4.69, 9.17) is 4.74 Å². The Kier molecular flexibility index (Phi) is 7.17. The van der Waals surface area contributed by atoms with Crippen molar-refractivity contribution in [1.29, 1.82) is 0 Å². The third-order valence-corrected chi connectivity index (χ3v) is 6.02. The number of amides is 1. The molecular weight excluding hydrogens is 380 g/mol. The maximum absolute atomic E-state index is 12.7. The summed E-state index contributed by atoms with van der Waals surface area (Å²) in [6.07, 6.45) is 0.771. The Balaban J connectivity index is 2.04. The normalized spacial score (nSPS) is 12.1. The first-order valence-electron chi connectivity index (χ1n) is 8.86.